The van der Waals surface area contributed by atoms with E-state index < -0.39 is 6.09 Å². The number of alkyl carbamates (subject to hydrolysis) is 1. The third kappa shape index (κ3) is 4.86. The Morgan fingerprint density at radius 3 is 2.79 bits per heavy atom. The zero-order chi connectivity index (χ0) is 19.8. The first-order valence-electron chi connectivity index (χ1n) is 8.61. The smallest absolute Gasteiger partial charge is 0.407 e. The van der Waals surface area contributed by atoms with Gasteiger partial charge in [0.25, 0.3) is 0 Å². The molecule has 0 aliphatic rings. The lowest BCUT2D eigenvalue weighted by molar-refractivity contribution is 0.112. The number of hydrogen-bond acceptors (Lipinski definition) is 5. The van der Waals surface area contributed by atoms with Crippen molar-refractivity contribution in [3.8, 4) is 11.8 Å². The molecule has 0 radical (unpaired) electrons. The summed E-state index contributed by atoms with van der Waals surface area (Å²) in [6, 6.07) is 14.3. The lowest BCUT2D eigenvalue weighted by atomic mass is 10.1. The van der Waals surface area contributed by atoms with Gasteiger partial charge in [0.2, 0.25) is 5.43 Å². The van der Waals surface area contributed by atoms with Crippen molar-refractivity contribution in [3.05, 3.63) is 81.7 Å². The van der Waals surface area contributed by atoms with Gasteiger partial charge in [0.1, 0.15) is 18.5 Å². The van der Waals surface area contributed by atoms with Gasteiger partial charge >= 0.3 is 6.09 Å². The summed E-state index contributed by atoms with van der Waals surface area (Å²) >= 11 is 0. The van der Waals surface area contributed by atoms with E-state index in [-0.39, 0.29) is 17.6 Å². The molecule has 3 rings (SSSR count). The summed E-state index contributed by atoms with van der Waals surface area (Å²) < 4.78 is 10.4. The highest BCUT2D eigenvalue weighted by atomic mass is 16.5. The van der Waals surface area contributed by atoms with Crippen molar-refractivity contribution >= 4 is 23.3 Å². The Morgan fingerprint density at radius 1 is 1.18 bits per heavy atom. The van der Waals surface area contributed by atoms with Gasteiger partial charge in [0, 0.05) is 18.5 Å². The van der Waals surface area contributed by atoms with Gasteiger partial charge in [-0.25, -0.2) is 4.79 Å². The van der Waals surface area contributed by atoms with E-state index in [1.54, 1.807) is 18.2 Å². The molecule has 0 bridgehead atoms. The molecule has 0 aliphatic carbocycles. The molecule has 6 nitrogen and oxygen atoms in total. The SMILES string of the molecule is O=Cc1coc2ccc(C#CCCNC(=O)OCc3ccccc3)cc2c1=O. The number of amides is 1. The Bertz CT molecular complexity index is 1110. The summed E-state index contributed by atoms with van der Waals surface area (Å²) in [5.74, 6) is 5.84. The Kier molecular flexibility index (Phi) is 6.21. The van der Waals surface area contributed by atoms with Crippen LogP contribution < -0.4 is 10.7 Å². The molecule has 1 amide bonds. The molecule has 140 valence electrons. The predicted octanol–water partition coefficient (Wildman–Crippen LogP) is 3.27. The summed E-state index contributed by atoms with van der Waals surface area (Å²) in [4.78, 5) is 34.6. The number of fused-ring (bicyclic) bond motifs is 1. The lowest BCUT2D eigenvalue weighted by Gasteiger charge is -2.05. The maximum absolute atomic E-state index is 12.1. The zero-order valence-corrected chi connectivity index (χ0v) is 14.9. The molecule has 0 unspecified atom stereocenters. The number of hydrogen-bond donors (Lipinski definition) is 1. The summed E-state index contributed by atoms with van der Waals surface area (Å²) in [7, 11) is 0. The number of benzene rings is 2. The maximum atomic E-state index is 12.1. The summed E-state index contributed by atoms with van der Waals surface area (Å²) in [6.07, 6.45) is 1.52. The van der Waals surface area contributed by atoms with Gasteiger partial charge in [-0.15, -0.1) is 0 Å². The molecule has 1 N–H and O–H groups in total. The van der Waals surface area contributed by atoms with Gasteiger partial charge < -0.3 is 14.5 Å². The normalized spacial score (nSPS) is 10.0. The fourth-order valence-electron chi connectivity index (χ4n) is 2.47. The second kappa shape index (κ2) is 9.19. The van der Waals surface area contributed by atoms with Crippen molar-refractivity contribution in [2.24, 2.45) is 0 Å². The van der Waals surface area contributed by atoms with Crippen LogP contribution in [0.2, 0.25) is 0 Å². The Balaban J connectivity index is 1.51. The number of ether oxygens (including phenoxy) is 1. The van der Waals surface area contributed by atoms with Crippen molar-refractivity contribution in [3.63, 3.8) is 0 Å². The van der Waals surface area contributed by atoms with E-state index in [1.165, 1.54) is 0 Å². The fourth-order valence-corrected chi connectivity index (χ4v) is 2.47. The first-order chi connectivity index (χ1) is 13.7. The molecular formula is C22H17NO5. The van der Waals surface area contributed by atoms with Crippen molar-refractivity contribution in [1.29, 1.82) is 0 Å². The number of rotatable bonds is 5. The number of carbonyl (C=O) groups is 2. The van der Waals surface area contributed by atoms with Gasteiger partial charge in [-0.1, -0.05) is 42.2 Å². The lowest BCUT2D eigenvalue weighted by Crippen LogP contribution is -2.24. The molecule has 0 saturated heterocycles. The van der Waals surface area contributed by atoms with Gasteiger partial charge in [-0.3, -0.25) is 9.59 Å². The van der Waals surface area contributed by atoms with Crippen LogP contribution in [0.25, 0.3) is 11.0 Å². The van der Waals surface area contributed by atoms with Crippen molar-refractivity contribution in [2.75, 3.05) is 6.54 Å². The molecule has 1 heterocycles. The van der Waals surface area contributed by atoms with Crippen LogP contribution in [0.1, 0.15) is 27.9 Å². The first-order valence-corrected chi connectivity index (χ1v) is 8.61. The largest absolute Gasteiger partial charge is 0.463 e. The third-order valence-corrected chi connectivity index (χ3v) is 3.89. The monoisotopic (exact) mass is 375 g/mol. The first kappa shape index (κ1) is 18.9. The molecule has 0 spiro atoms. The van der Waals surface area contributed by atoms with Crippen LogP contribution in [0.3, 0.4) is 0 Å². The molecule has 28 heavy (non-hydrogen) atoms. The average molecular weight is 375 g/mol. The topological polar surface area (TPSA) is 85.6 Å². The third-order valence-electron chi connectivity index (χ3n) is 3.89. The highest BCUT2D eigenvalue weighted by Crippen LogP contribution is 2.12. The van der Waals surface area contributed by atoms with Gasteiger partial charge in [-0.2, -0.15) is 0 Å². The van der Waals surface area contributed by atoms with E-state index in [2.05, 4.69) is 17.2 Å². The molecule has 3 aromatic rings. The van der Waals surface area contributed by atoms with Gasteiger partial charge in [-0.05, 0) is 23.8 Å². The highest BCUT2D eigenvalue weighted by Gasteiger charge is 2.06. The summed E-state index contributed by atoms with van der Waals surface area (Å²) in [6.45, 7) is 0.548. The quantitative estimate of drug-likeness (QED) is 0.420. The Labute approximate surface area is 161 Å². The standard InChI is InChI=1S/C22H17NO5/c24-13-18-15-27-20-10-9-16(12-19(20)21(18)25)6-4-5-11-23-22(26)28-14-17-7-2-1-3-8-17/h1-3,7-10,12-13,15H,5,11,14H2,(H,23,26). The molecule has 1 aromatic heterocycles. The number of nitrogens with one attached hydrogen (secondary N) is 1. The summed E-state index contributed by atoms with van der Waals surface area (Å²) in [5.41, 5.74) is 1.51. The predicted molar refractivity (Wildman–Crippen MR) is 104 cm³/mol. The molecule has 0 saturated carbocycles. The molecule has 6 heteroatoms. The van der Waals surface area contributed by atoms with Crippen LogP contribution >= 0.6 is 0 Å². The molecule has 0 aliphatic heterocycles. The Morgan fingerprint density at radius 2 is 2.00 bits per heavy atom. The van der Waals surface area contributed by atoms with Crippen LogP contribution in [0.4, 0.5) is 4.79 Å². The van der Waals surface area contributed by atoms with Crippen molar-refractivity contribution in [1.82, 2.24) is 5.32 Å². The molecular weight excluding hydrogens is 358 g/mol. The van der Waals surface area contributed by atoms with E-state index in [4.69, 9.17) is 9.15 Å². The minimum atomic E-state index is -0.504. The number of carbonyl (C=O) groups excluding carboxylic acids is 2. The molecule has 2 aromatic carbocycles. The van der Waals surface area contributed by atoms with Crippen molar-refractivity contribution < 1.29 is 18.7 Å². The molecule has 0 atom stereocenters. The number of aldehydes is 1. The van der Waals surface area contributed by atoms with E-state index in [0.717, 1.165) is 11.8 Å². The van der Waals surface area contributed by atoms with Gasteiger partial charge in [0.15, 0.2) is 6.29 Å². The minimum Gasteiger partial charge on any atom is -0.463 e. The Hall–Kier alpha value is -3.85. The minimum absolute atomic E-state index is 0.0316. The average Bonchev–Trinajstić information content (AvgIpc) is 2.73. The highest BCUT2D eigenvalue weighted by molar-refractivity contribution is 5.84. The van der Waals surface area contributed by atoms with E-state index >= 15 is 0 Å². The van der Waals surface area contributed by atoms with E-state index in [0.29, 0.717) is 35.8 Å². The maximum Gasteiger partial charge on any atom is 0.407 e. The fraction of sp³-hybridized carbons (Fsp3) is 0.136. The second-order valence-electron chi connectivity index (χ2n) is 5.89. The van der Waals surface area contributed by atoms with Crippen LogP contribution in [-0.2, 0) is 11.3 Å². The van der Waals surface area contributed by atoms with Crippen LogP contribution in [0.15, 0.2) is 64.0 Å². The zero-order valence-electron chi connectivity index (χ0n) is 14.9. The van der Waals surface area contributed by atoms with Crippen LogP contribution in [0, 0.1) is 11.8 Å². The van der Waals surface area contributed by atoms with E-state index in [9.17, 15) is 14.4 Å². The van der Waals surface area contributed by atoms with Crippen molar-refractivity contribution in [2.45, 2.75) is 13.0 Å². The van der Waals surface area contributed by atoms with Crippen LogP contribution in [-0.4, -0.2) is 18.9 Å². The second-order valence-corrected chi connectivity index (χ2v) is 5.89. The van der Waals surface area contributed by atoms with E-state index in [1.807, 2.05) is 30.3 Å². The summed E-state index contributed by atoms with van der Waals surface area (Å²) in [5, 5.41) is 2.93. The van der Waals surface area contributed by atoms with Gasteiger partial charge in [0.05, 0.1) is 10.9 Å². The van der Waals surface area contributed by atoms with Crippen LogP contribution in [0.5, 0.6) is 0 Å². The molecule has 0 fully saturated rings.